The fourth-order valence-corrected chi connectivity index (χ4v) is 2.65. The summed E-state index contributed by atoms with van der Waals surface area (Å²) in [6.07, 6.45) is 6.24. The van der Waals surface area contributed by atoms with Gasteiger partial charge in [0.1, 0.15) is 11.5 Å². The first-order valence-corrected chi connectivity index (χ1v) is 8.61. The first-order valence-electron chi connectivity index (χ1n) is 8.61. The molecule has 8 nitrogen and oxygen atoms in total. The number of aliphatic imine (C=N–C) groups is 1. The minimum Gasteiger partial charge on any atom is -0.479 e. The number of rotatable bonds is 5. The van der Waals surface area contributed by atoms with Gasteiger partial charge in [0.15, 0.2) is 5.82 Å². The second-order valence-electron chi connectivity index (χ2n) is 7.21. The average Bonchev–Trinajstić information content (AvgIpc) is 2.60. The van der Waals surface area contributed by atoms with E-state index in [1.54, 1.807) is 39.1 Å². The Kier molecular flexibility index (Phi) is 5.05. The molecule has 1 aliphatic heterocycles. The summed E-state index contributed by atoms with van der Waals surface area (Å²) >= 11 is 0. The number of hydrogen-bond donors (Lipinski definition) is 4. The van der Waals surface area contributed by atoms with Crippen molar-refractivity contribution >= 4 is 23.5 Å². The second kappa shape index (κ2) is 7.17. The van der Waals surface area contributed by atoms with E-state index in [1.165, 1.54) is 25.7 Å². The highest BCUT2D eigenvalue weighted by atomic mass is 19.1. The van der Waals surface area contributed by atoms with Gasteiger partial charge in [-0.1, -0.05) is 0 Å². The van der Waals surface area contributed by atoms with Crippen molar-refractivity contribution in [2.24, 2.45) is 10.7 Å². The molecule has 0 spiro atoms. The first-order chi connectivity index (χ1) is 13.1. The monoisotopic (exact) mass is 386 g/mol. The maximum Gasteiger partial charge on any atom is 0.250 e. The molecule has 0 amide bonds. The van der Waals surface area contributed by atoms with Gasteiger partial charge in [-0.25, -0.2) is 19.4 Å². The van der Waals surface area contributed by atoms with Crippen LogP contribution in [0, 0.1) is 5.82 Å². The Labute approximate surface area is 162 Å². The van der Waals surface area contributed by atoms with Crippen molar-refractivity contribution < 1.29 is 14.2 Å². The third-order valence-corrected chi connectivity index (χ3v) is 4.15. The molecule has 0 radical (unpaired) electrons. The lowest BCUT2D eigenvalue weighted by atomic mass is 9.96. The summed E-state index contributed by atoms with van der Waals surface area (Å²) in [5.74, 6) is -0.258. The van der Waals surface area contributed by atoms with Gasteiger partial charge >= 0.3 is 0 Å². The summed E-state index contributed by atoms with van der Waals surface area (Å²) in [6, 6.07) is 3.05. The fourth-order valence-electron chi connectivity index (χ4n) is 2.65. The van der Waals surface area contributed by atoms with E-state index < -0.39 is 17.1 Å². The summed E-state index contributed by atoms with van der Waals surface area (Å²) in [5.41, 5.74) is 6.41. The molecule has 0 saturated heterocycles. The topological polar surface area (TPSA) is 118 Å². The zero-order valence-electron chi connectivity index (χ0n) is 16.1. The van der Waals surface area contributed by atoms with Gasteiger partial charge < -0.3 is 26.2 Å². The van der Waals surface area contributed by atoms with E-state index in [0.29, 0.717) is 28.3 Å². The van der Waals surface area contributed by atoms with Gasteiger partial charge in [-0.2, -0.15) is 0 Å². The van der Waals surface area contributed by atoms with Crippen LogP contribution in [0.25, 0.3) is 5.70 Å². The van der Waals surface area contributed by atoms with Crippen LogP contribution in [0.4, 0.5) is 15.9 Å². The number of nitrogens with two attached hydrogens (primary N) is 1. The van der Waals surface area contributed by atoms with Crippen molar-refractivity contribution in [2.75, 3.05) is 12.4 Å². The summed E-state index contributed by atoms with van der Waals surface area (Å²) in [6.45, 7) is 5.09. The van der Waals surface area contributed by atoms with Crippen molar-refractivity contribution in [3.8, 4) is 5.88 Å². The van der Waals surface area contributed by atoms with Gasteiger partial charge in [0.05, 0.1) is 30.9 Å². The Bertz CT molecular complexity index is 950. The molecule has 9 heteroatoms. The highest BCUT2D eigenvalue weighted by Crippen LogP contribution is 2.31. The number of ether oxygens (including phenoxy) is 1. The van der Waals surface area contributed by atoms with Crippen LogP contribution in [0.2, 0.25) is 0 Å². The molecule has 2 aromatic heterocycles. The minimum absolute atomic E-state index is 0.0946. The van der Waals surface area contributed by atoms with Gasteiger partial charge in [0, 0.05) is 29.1 Å². The molecule has 2 aromatic rings. The third kappa shape index (κ3) is 4.26. The number of methoxy groups -OCH3 is 1. The molecule has 0 saturated carbocycles. The molecule has 0 bridgehead atoms. The maximum atomic E-state index is 14.0. The molecule has 5 N–H and O–H groups in total. The molecular formula is C19H23FN6O2. The van der Waals surface area contributed by atoms with E-state index in [4.69, 9.17) is 10.5 Å². The first kappa shape index (κ1) is 19.7. The number of nitrogens with one attached hydrogen (secondary N) is 2. The normalized spacial score (nSPS) is 19.0. The number of aromatic nitrogens is 2. The van der Waals surface area contributed by atoms with Crippen molar-refractivity contribution in [2.45, 2.75) is 32.0 Å². The van der Waals surface area contributed by atoms with E-state index in [1.807, 2.05) is 0 Å². The lowest BCUT2D eigenvalue weighted by Crippen LogP contribution is -2.37. The lowest BCUT2D eigenvalue weighted by Gasteiger charge is -2.25. The minimum atomic E-state index is -1.09. The fraction of sp³-hybridized carbons (Fsp3) is 0.316. The van der Waals surface area contributed by atoms with Gasteiger partial charge in [-0.05, 0) is 32.9 Å². The van der Waals surface area contributed by atoms with Crippen LogP contribution >= 0.6 is 0 Å². The highest BCUT2D eigenvalue weighted by Gasteiger charge is 2.24. The Balaban J connectivity index is 2.05. The Hall–Kier alpha value is -3.04. The molecule has 1 unspecified atom stereocenters. The molecule has 3 heterocycles. The lowest BCUT2D eigenvalue weighted by molar-refractivity contribution is 0.0782. The molecule has 1 aliphatic rings. The van der Waals surface area contributed by atoms with Crippen LogP contribution in [0.5, 0.6) is 5.88 Å². The van der Waals surface area contributed by atoms with Crippen molar-refractivity contribution in [3.05, 3.63) is 47.5 Å². The van der Waals surface area contributed by atoms with Crippen LogP contribution in [-0.2, 0) is 5.60 Å². The quantitative estimate of drug-likeness (QED) is 0.622. The van der Waals surface area contributed by atoms with Gasteiger partial charge in [-0.15, -0.1) is 0 Å². The summed E-state index contributed by atoms with van der Waals surface area (Å²) in [4.78, 5) is 12.5. The smallest absolute Gasteiger partial charge is 0.250 e. The standard InChI is InChI=1S/C19H23FN6O2/c1-18(2,27)11-5-13(15-7-19(3,21)25-10-24-15)16(22-8-11)26-12-6-14(20)17(28-4)23-9-12/h5-10,27H,21H2,1-4H3,(H,22,26)(H,24,25). The number of pyridine rings is 2. The average molecular weight is 386 g/mol. The van der Waals surface area contributed by atoms with E-state index >= 15 is 0 Å². The zero-order chi connectivity index (χ0) is 20.5. The maximum absolute atomic E-state index is 14.0. The molecule has 3 rings (SSSR count). The predicted octanol–water partition coefficient (Wildman–Crippen LogP) is 2.24. The molecule has 148 valence electrons. The van der Waals surface area contributed by atoms with Crippen LogP contribution in [0.1, 0.15) is 31.9 Å². The van der Waals surface area contributed by atoms with E-state index in [0.717, 1.165) is 0 Å². The van der Waals surface area contributed by atoms with Crippen LogP contribution in [-0.4, -0.2) is 34.2 Å². The predicted molar refractivity (Wildman–Crippen MR) is 106 cm³/mol. The molecule has 1 atom stereocenters. The number of halogens is 1. The highest BCUT2D eigenvalue weighted by molar-refractivity contribution is 5.84. The Morgan fingerprint density at radius 3 is 2.64 bits per heavy atom. The molecular weight excluding hydrogens is 363 g/mol. The van der Waals surface area contributed by atoms with E-state index in [9.17, 15) is 9.50 Å². The van der Waals surface area contributed by atoms with Gasteiger partial charge in [0.25, 0.3) is 0 Å². The number of nitrogens with zero attached hydrogens (tertiary/aromatic N) is 3. The Morgan fingerprint density at radius 1 is 1.29 bits per heavy atom. The molecule has 0 fully saturated rings. The zero-order valence-corrected chi connectivity index (χ0v) is 16.1. The SMILES string of the molecule is COc1ncc(Nc2ncc(C(C)(C)O)cc2C2=CC(C)(N)N=CN2)cc1F. The number of anilines is 2. The summed E-state index contributed by atoms with van der Waals surface area (Å²) in [7, 11) is 1.35. The Morgan fingerprint density at radius 2 is 2.04 bits per heavy atom. The van der Waals surface area contributed by atoms with Crippen molar-refractivity contribution in [1.82, 2.24) is 15.3 Å². The summed E-state index contributed by atoms with van der Waals surface area (Å²) < 4.78 is 18.8. The molecule has 0 aromatic carbocycles. The van der Waals surface area contributed by atoms with Gasteiger partial charge in [-0.3, -0.25) is 0 Å². The second-order valence-corrected chi connectivity index (χ2v) is 7.21. The van der Waals surface area contributed by atoms with Crippen LogP contribution in [0.3, 0.4) is 0 Å². The summed E-state index contributed by atoms with van der Waals surface area (Å²) in [5, 5.41) is 16.5. The van der Waals surface area contributed by atoms with Crippen molar-refractivity contribution in [1.29, 1.82) is 0 Å². The molecule has 0 aliphatic carbocycles. The van der Waals surface area contributed by atoms with E-state index in [2.05, 4.69) is 25.6 Å². The number of aliphatic hydroxyl groups is 1. The van der Waals surface area contributed by atoms with E-state index in [-0.39, 0.29) is 5.88 Å². The molecule has 28 heavy (non-hydrogen) atoms. The largest absolute Gasteiger partial charge is 0.479 e. The van der Waals surface area contributed by atoms with Crippen LogP contribution in [0.15, 0.2) is 35.6 Å². The third-order valence-electron chi connectivity index (χ3n) is 4.15. The van der Waals surface area contributed by atoms with Crippen molar-refractivity contribution in [3.63, 3.8) is 0 Å². The van der Waals surface area contributed by atoms with Gasteiger partial charge in [0.2, 0.25) is 5.88 Å². The van der Waals surface area contributed by atoms with Crippen LogP contribution < -0.4 is 21.1 Å². The number of hydrogen-bond acceptors (Lipinski definition) is 8.